The summed E-state index contributed by atoms with van der Waals surface area (Å²) in [5, 5.41) is 34.7. The molecule has 2 aliphatic rings. The minimum absolute atomic E-state index is 0.00871. The lowest BCUT2D eigenvalue weighted by atomic mass is 10.0. The zero-order valence-corrected chi connectivity index (χ0v) is 26.7. The molecule has 4 atom stereocenters. The summed E-state index contributed by atoms with van der Waals surface area (Å²) in [7, 11) is -4.07. The number of aliphatic hydroxyl groups is 2. The fourth-order valence-electron chi connectivity index (χ4n) is 5.79. The van der Waals surface area contributed by atoms with Crippen LogP contribution >= 0.6 is 0 Å². The normalized spacial score (nSPS) is 21.6. The molecule has 3 heterocycles. The predicted octanol–water partition coefficient (Wildman–Crippen LogP) is 1.43. The van der Waals surface area contributed by atoms with Gasteiger partial charge in [-0.1, -0.05) is 48.0 Å². The summed E-state index contributed by atoms with van der Waals surface area (Å²) >= 11 is 0. The van der Waals surface area contributed by atoms with E-state index in [-0.39, 0.29) is 59.9 Å². The van der Waals surface area contributed by atoms with E-state index in [0.29, 0.717) is 31.1 Å². The van der Waals surface area contributed by atoms with Gasteiger partial charge in [-0.2, -0.15) is 15.0 Å². The number of rotatable bonds is 9. The van der Waals surface area contributed by atoms with Crippen LogP contribution in [0.1, 0.15) is 17.5 Å². The van der Waals surface area contributed by atoms with Gasteiger partial charge in [0.15, 0.2) is 0 Å². The lowest BCUT2D eigenvalue weighted by molar-refractivity contribution is 0.0572. The number of benzene rings is 3. The Kier molecular flexibility index (Phi) is 9.16. The first-order valence-electron chi connectivity index (χ1n) is 15.3. The molecule has 2 saturated heterocycles. The molecule has 8 N–H and O–H groups in total. The molecule has 3 aromatic carbocycles. The number of hydrogen-bond acceptors (Lipinski definition) is 13. The monoisotopic (exact) mass is 661 g/mol. The summed E-state index contributed by atoms with van der Waals surface area (Å²) in [6.07, 6.45) is -1.25. The number of nitrogens with one attached hydrogen (secondary N) is 1. The first-order chi connectivity index (χ1) is 22.5. The summed E-state index contributed by atoms with van der Waals surface area (Å²) in [5.74, 6) is 0.405. The van der Waals surface area contributed by atoms with Crippen molar-refractivity contribution in [2.45, 2.75) is 49.1 Å². The average molecular weight is 662 g/mol. The highest BCUT2D eigenvalue weighted by Gasteiger charge is 2.33. The second-order valence-corrected chi connectivity index (χ2v) is 14.0. The maximum absolute atomic E-state index is 13.9. The second kappa shape index (κ2) is 13.3. The third kappa shape index (κ3) is 7.24. The molecule has 1 aromatic heterocycles. The minimum Gasteiger partial charge on any atom is -0.506 e. The lowest BCUT2D eigenvalue weighted by Crippen LogP contribution is -2.53. The summed E-state index contributed by atoms with van der Waals surface area (Å²) in [6.45, 7) is 3.08. The molecule has 47 heavy (non-hydrogen) atoms. The molecule has 248 valence electrons. The van der Waals surface area contributed by atoms with Crippen molar-refractivity contribution in [3.63, 3.8) is 0 Å². The Morgan fingerprint density at radius 1 is 0.851 bits per heavy atom. The number of hydrogen-bond donors (Lipinski definition) is 6. The van der Waals surface area contributed by atoms with Crippen molar-refractivity contribution in [1.82, 2.24) is 15.0 Å². The number of phenols is 1. The minimum atomic E-state index is -4.07. The molecule has 14 nitrogen and oxygen atoms in total. The highest BCUT2D eigenvalue weighted by atomic mass is 32.2. The predicted molar refractivity (Wildman–Crippen MR) is 179 cm³/mol. The van der Waals surface area contributed by atoms with E-state index >= 15 is 0 Å². The zero-order chi connectivity index (χ0) is 33.3. The van der Waals surface area contributed by atoms with Gasteiger partial charge in [-0.15, -0.1) is 0 Å². The quantitative estimate of drug-likeness (QED) is 0.150. The molecule has 0 aliphatic carbocycles. The van der Waals surface area contributed by atoms with Gasteiger partial charge < -0.3 is 41.9 Å². The molecule has 0 unspecified atom stereocenters. The van der Waals surface area contributed by atoms with Gasteiger partial charge in [-0.25, -0.2) is 8.42 Å². The van der Waals surface area contributed by atoms with Crippen LogP contribution in [-0.4, -0.2) is 89.2 Å². The van der Waals surface area contributed by atoms with Crippen LogP contribution in [-0.2, 0) is 16.6 Å². The van der Waals surface area contributed by atoms with E-state index in [4.69, 9.17) is 11.5 Å². The Morgan fingerprint density at radius 3 is 2.04 bits per heavy atom. The van der Waals surface area contributed by atoms with Crippen molar-refractivity contribution < 1.29 is 23.7 Å². The standard InChI is InChI=1S/C32H39N9O5S/c1-20-7-10-25(11-8-20)47(45,46)41(15-21-5-3-2-4-6-21)26-12-9-24(14-27(26)42)35-30-36-31(39-16-22(33)13-23(34)17-39)38-32(37-30)40-18-28(43)29(44)19-40/h2-12,14,22-23,28-29,42-44H,13,15-19,33-34H2,1H3,(H,35,36,37,38)/t22-,23+,28-,29+. The van der Waals surface area contributed by atoms with Crippen LogP contribution in [0.2, 0.25) is 0 Å². The smallest absolute Gasteiger partial charge is 0.264 e. The van der Waals surface area contributed by atoms with Crippen LogP contribution in [0.3, 0.4) is 0 Å². The Labute approximate surface area is 273 Å². The summed E-state index contributed by atoms with van der Waals surface area (Å²) in [4.78, 5) is 17.4. The summed E-state index contributed by atoms with van der Waals surface area (Å²) in [6, 6.07) is 19.9. The van der Waals surface area contributed by atoms with Crippen LogP contribution in [0, 0.1) is 6.92 Å². The zero-order valence-electron chi connectivity index (χ0n) is 25.9. The van der Waals surface area contributed by atoms with Gasteiger partial charge in [0.05, 0.1) is 29.3 Å². The number of aromatic hydroxyl groups is 1. The van der Waals surface area contributed by atoms with E-state index in [1.165, 1.54) is 16.4 Å². The lowest BCUT2D eigenvalue weighted by Gasteiger charge is -2.35. The van der Waals surface area contributed by atoms with Gasteiger partial charge in [0.25, 0.3) is 10.0 Å². The number of aryl methyl sites for hydroxylation is 1. The van der Waals surface area contributed by atoms with Gasteiger partial charge >= 0.3 is 0 Å². The van der Waals surface area contributed by atoms with E-state index < -0.39 is 22.2 Å². The molecule has 0 spiro atoms. The third-order valence-corrected chi connectivity index (χ3v) is 10.0. The van der Waals surface area contributed by atoms with Crippen LogP contribution in [0.4, 0.5) is 29.2 Å². The van der Waals surface area contributed by atoms with Crippen LogP contribution in [0.15, 0.2) is 77.7 Å². The Hall–Kier alpha value is -4.54. The van der Waals surface area contributed by atoms with E-state index in [2.05, 4.69) is 20.3 Å². The third-order valence-electron chi connectivity index (χ3n) is 8.23. The van der Waals surface area contributed by atoms with Crippen molar-refractivity contribution in [1.29, 1.82) is 0 Å². The fourth-order valence-corrected chi connectivity index (χ4v) is 7.26. The number of phenolic OH excluding ortho intramolecular Hbond substituents is 1. The van der Waals surface area contributed by atoms with Gasteiger partial charge in [-0.3, -0.25) is 4.31 Å². The van der Waals surface area contributed by atoms with Crippen LogP contribution in [0.25, 0.3) is 0 Å². The summed E-state index contributed by atoms with van der Waals surface area (Å²) in [5.41, 5.74) is 14.6. The number of sulfonamides is 1. The van der Waals surface area contributed by atoms with E-state index in [1.807, 2.05) is 42.2 Å². The number of anilines is 5. The van der Waals surface area contributed by atoms with Gasteiger partial charge in [-0.05, 0) is 43.2 Å². The molecule has 0 saturated carbocycles. The van der Waals surface area contributed by atoms with Gasteiger partial charge in [0.2, 0.25) is 17.8 Å². The average Bonchev–Trinajstić information content (AvgIpc) is 3.38. The number of aliphatic hydroxyl groups excluding tert-OH is 2. The van der Waals surface area contributed by atoms with Crippen molar-refractivity contribution >= 4 is 39.2 Å². The van der Waals surface area contributed by atoms with E-state index in [9.17, 15) is 23.7 Å². The molecule has 0 amide bonds. The number of aromatic nitrogens is 3. The molecule has 0 bridgehead atoms. The maximum Gasteiger partial charge on any atom is 0.264 e. The molecular formula is C32H39N9O5S. The van der Waals surface area contributed by atoms with Crippen LogP contribution in [0.5, 0.6) is 5.75 Å². The molecule has 0 radical (unpaired) electrons. The number of nitrogens with zero attached hydrogens (tertiary/aromatic N) is 6. The number of piperidine rings is 1. The van der Waals surface area contributed by atoms with E-state index in [0.717, 1.165) is 11.1 Å². The fraction of sp³-hybridized carbons (Fsp3) is 0.344. The first-order valence-corrected chi connectivity index (χ1v) is 16.8. The van der Waals surface area contributed by atoms with E-state index in [1.54, 1.807) is 35.2 Å². The van der Waals surface area contributed by atoms with Gasteiger partial charge in [0, 0.05) is 50.0 Å². The largest absolute Gasteiger partial charge is 0.506 e. The van der Waals surface area contributed by atoms with Crippen LogP contribution < -0.4 is 30.9 Å². The first kappa shape index (κ1) is 32.4. The number of nitrogens with two attached hydrogens (primary N) is 2. The van der Waals surface area contributed by atoms with Crippen molar-refractivity contribution in [3.05, 3.63) is 83.9 Å². The molecule has 2 aliphatic heterocycles. The molecule has 15 heteroatoms. The maximum atomic E-state index is 13.9. The SMILES string of the molecule is Cc1ccc(S(=O)(=O)N(Cc2ccccc2)c2ccc(Nc3nc(N4C[C@H](N)C[C@H](N)C4)nc(N4C[C@@H](O)[C@@H](O)C4)n3)cc2O)cc1. The number of β-amino-alcohol motifs (C(OH)–C–C–N with tert-alkyl or cyclic N) is 2. The highest BCUT2D eigenvalue weighted by molar-refractivity contribution is 7.92. The molecule has 2 fully saturated rings. The Morgan fingerprint density at radius 2 is 1.45 bits per heavy atom. The van der Waals surface area contributed by atoms with Crippen molar-refractivity contribution in [3.8, 4) is 5.75 Å². The molecular weight excluding hydrogens is 622 g/mol. The summed E-state index contributed by atoms with van der Waals surface area (Å²) < 4.78 is 29.0. The Balaban J connectivity index is 1.33. The topological polar surface area (TPSA) is 207 Å². The second-order valence-electron chi connectivity index (χ2n) is 12.1. The van der Waals surface area contributed by atoms with Crippen molar-refractivity contribution in [2.75, 3.05) is 45.6 Å². The highest BCUT2D eigenvalue weighted by Crippen LogP contribution is 2.36. The molecule has 6 rings (SSSR count). The molecule has 4 aromatic rings. The van der Waals surface area contributed by atoms with Gasteiger partial charge in [0.1, 0.15) is 5.75 Å². The Bertz CT molecular complexity index is 1790. The van der Waals surface area contributed by atoms with Crippen molar-refractivity contribution in [2.24, 2.45) is 11.5 Å².